The summed E-state index contributed by atoms with van der Waals surface area (Å²) in [5, 5.41) is 3.30. The van der Waals surface area contributed by atoms with Gasteiger partial charge in [-0.25, -0.2) is 0 Å². The molecule has 3 N–H and O–H groups in total. The maximum atomic E-state index is 12.3. The van der Waals surface area contributed by atoms with Gasteiger partial charge < -0.3 is 11.1 Å². The van der Waals surface area contributed by atoms with Crippen LogP contribution in [0.5, 0.6) is 0 Å². The highest BCUT2D eigenvalue weighted by Crippen LogP contribution is 2.26. The van der Waals surface area contributed by atoms with Crippen LogP contribution in [0.4, 0.5) is 0 Å². The molecule has 2 saturated carbocycles. The highest BCUT2D eigenvalue weighted by molar-refractivity contribution is 5.85. The van der Waals surface area contributed by atoms with Crippen molar-refractivity contribution in [3.8, 4) is 0 Å². The maximum Gasteiger partial charge on any atom is 0.223 e. The molecule has 2 unspecified atom stereocenters. The number of carbonyl (C=O) groups excluding carboxylic acids is 1. The predicted molar refractivity (Wildman–Crippen MR) is 81.4 cm³/mol. The molecule has 0 aromatic heterocycles. The van der Waals surface area contributed by atoms with E-state index in [2.05, 4.69) is 5.32 Å². The van der Waals surface area contributed by atoms with Gasteiger partial charge >= 0.3 is 0 Å². The number of hydrogen-bond acceptors (Lipinski definition) is 2. The molecule has 19 heavy (non-hydrogen) atoms. The topological polar surface area (TPSA) is 55.1 Å². The first kappa shape index (κ1) is 16.8. The molecular formula is C15H29ClN2O. The third kappa shape index (κ3) is 4.96. The van der Waals surface area contributed by atoms with Gasteiger partial charge in [0.15, 0.2) is 0 Å². The molecule has 3 nitrogen and oxygen atoms in total. The molecule has 4 heteroatoms. The van der Waals surface area contributed by atoms with Crippen LogP contribution in [0.2, 0.25) is 0 Å². The first-order chi connectivity index (χ1) is 8.81. The van der Waals surface area contributed by atoms with E-state index in [1.54, 1.807) is 0 Å². The van der Waals surface area contributed by atoms with Crippen molar-refractivity contribution in [1.82, 2.24) is 5.32 Å². The van der Waals surface area contributed by atoms with Crippen LogP contribution in [-0.2, 0) is 4.79 Å². The molecule has 2 aliphatic rings. The standard InChI is InChI=1S/C15H28N2O.ClH/c16-11-13-9-5-6-10-14(13)17-15(18)12-7-3-1-2-4-8-12;/h12-14H,1-11,16H2,(H,17,18);1H. The molecule has 0 aliphatic heterocycles. The number of halogens is 1. The van der Waals surface area contributed by atoms with E-state index in [1.165, 1.54) is 44.9 Å². The fourth-order valence-corrected chi connectivity index (χ4v) is 3.52. The van der Waals surface area contributed by atoms with E-state index in [9.17, 15) is 4.79 Å². The third-order valence-corrected chi connectivity index (χ3v) is 4.77. The number of nitrogens with two attached hydrogens (primary N) is 1. The lowest BCUT2D eigenvalue weighted by Crippen LogP contribution is -2.46. The molecule has 0 aromatic rings. The molecule has 0 bridgehead atoms. The fourth-order valence-electron chi connectivity index (χ4n) is 3.52. The summed E-state index contributed by atoms with van der Waals surface area (Å²) in [7, 11) is 0. The number of nitrogens with one attached hydrogen (secondary N) is 1. The van der Waals surface area contributed by atoms with Crippen molar-refractivity contribution in [2.24, 2.45) is 17.6 Å². The van der Waals surface area contributed by atoms with Crippen LogP contribution >= 0.6 is 12.4 Å². The first-order valence-electron chi connectivity index (χ1n) is 7.81. The third-order valence-electron chi connectivity index (χ3n) is 4.77. The van der Waals surface area contributed by atoms with Gasteiger partial charge in [0.1, 0.15) is 0 Å². The van der Waals surface area contributed by atoms with E-state index in [1.807, 2.05) is 0 Å². The zero-order chi connectivity index (χ0) is 12.8. The Morgan fingerprint density at radius 2 is 1.53 bits per heavy atom. The van der Waals surface area contributed by atoms with Crippen molar-refractivity contribution in [2.45, 2.75) is 70.3 Å². The molecule has 0 aromatic carbocycles. The summed E-state index contributed by atoms with van der Waals surface area (Å²) >= 11 is 0. The molecule has 0 saturated heterocycles. The Morgan fingerprint density at radius 1 is 0.947 bits per heavy atom. The molecule has 112 valence electrons. The van der Waals surface area contributed by atoms with Crippen LogP contribution in [0, 0.1) is 11.8 Å². The zero-order valence-electron chi connectivity index (χ0n) is 11.9. The minimum Gasteiger partial charge on any atom is -0.353 e. The monoisotopic (exact) mass is 288 g/mol. The van der Waals surface area contributed by atoms with Gasteiger partial charge in [0, 0.05) is 12.0 Å². The minimum absolute atomic E-state index is 0. The van der Waals surface area contributed by atoms with Crippen molar-refractivity contribution in [1.29, 1.82) is 0 Å². The quantitative estimate of drug-likeness (QED) is 0.785. The van der Waals surface area contributed by atoms with Crippen LogP contribution in [0.15, 0.2) is 0 Å². The SMILES string of the molecule is Cl.NCC1CCCCC1NC(=O)C1CCCCCC1. The van der Waals surface area contributed by atoms with Crippen molar-refractivity contribution < 1.29 is 4.79 Å². The zero-order valence-corrected chi connectivity index (χ0v) is 12.7. The van der Waals surface area contributed by atoms with E-state index in [0.29, 0.717) is 17.9 Å². The van der Waals surface area contributed by atoms with Crippen molar-refractivity contribution in [2.75, 3.05) is 6.54 Å². The van der Waals surface area contributed by atoms with Gasteiger partial charge in [-0.3, -0.25) is 4.79 Å². The Labute approximate surface area is 123 Å². The molecule has 1 amide bonds. The molecule has 0 heterocycles. The lowest BCUT2D eigenvalue weighted by molar-refractivity contribution is -0.126. The van der Waals surface area contributed by atoms with Gasteiger partial charge in [0.25, 0.3) is 0 Å². The number of amides is 1. The van der Waals surface area contributed by atoms with E-state index in [0.717, 1.165) is 25.8 Å². The number of hydrogen-bond donors (Lipinski definition) is 2. The summed E-state index contributed by atoms with van der Waals surface area (Å²) in [5.41, 5.74) is 5.82. The number of rotatable bonds is 3. The van der Waals surface area contributed by atoms with E-state index in [-0.39, 0.29) is 18.3 Å². The van der Waals surface area contributed by atoms with Gasteiger partial charge in [0.2, 0.25) is 5.91 Å². The van der Waals surface area contributed by atoms with Crippen LogP contribution in [0.3, 0.4) is 0 Å². The molecule has 0 spiro atoms. The first-order valence-corrected chi connectivity index (χ1v) is 7.81. The minimum atomic E-state index is 0. The Hall–Kier alpha value is -0.280. The summed E-state index contributed by atoms with van der Waals surface area (Å²) in [6.45, 7) is 0.718. The molecule has 2 atom stereocenters. The highest BCUT2D eigenvalue weighted by atomic mass is 35.5. The average molecular weight is 289 g/mol. The second-order valence-corrected chi connectivity index (χ2v) is 6.08. The van der Waals surface area contributed by atoms with E-state index in [4.69, 9.17) is 5.73 Å². The lowest BCUT2D eigenvalue weighted by atomic mass is 9.84. The molecule has 2 fully saturated rings. The molecule has 2 aliphatic carbocycles. The Kier molecular flexibility index (Phi) is 7.77. The summed E-state index contributed by atoms with van der Waals surface area (Å²) < 4.78 is 0. The predicted octanol–water partition coefficient (Wildman–Crippen LogP) is 3.01. The fraction of sp³-hybridized carbons (Fsp3) is 0.933. The Balaban J connectivity index is 0.00000180. The van der Waals surface area contributed by atoms with Crippen LogP contribution in [0.25, 0.3) is 0 Å². The van der Waals surface area contributed by atoms with E-state index >= 15 is 0 Å². The number of carbonyl (C=O) groups is 1. The van der Waals surface area contributed by atoms with Crippen molar-refractivity contribution >= 4 is 18.3 Å². The Bertz CT molecular complexity index is 265. The van der Waals surface area contributed by atoms with Crippen LogP contribution < -0.4 is 11.1 Å². The second-order valence-electron chi connectivity index (χ2n) is 6.08. The summed E-state index contributed by atoms with van der Waals surface area (Å²) in [6, 6.07) is 0.347. The van der Waals surface area contributed by atoms with Gasteiger partial charge in [-0.1, -0.05) is 38.5 Å². The largest absolute Gasteiger partial charge is 0.353 e. The normalized spacial score (nSPS) is 29.1. The van der Waals surface area contributed by atoms with Crippen LogP contribution in [0.1, 0.15) is 64.2 Å². The van der Waals surface area contributed by atoms with Crippen LogP contribution in [-0.4, -0.2) is 18.5 Å². The van der Waals surface area contributed by atoms with Gasteiger partial charge in [-0.15, -0.1) is 12.4 Å². The maximum absolute atomic E-state index is 12.3. The molecular weight excluding hydrogens is 260 g/mol. The van der Waals surface area contributed by atoms with Gasteiger partial charge in [0.05, 0.1) is 0 Å². The average Bonchev–Trinajstić information content (AvgIpc) is 2.68. The lowest BCUT2D eigenvalue weighted by Gasteiger charge is -2.32. The molecule has 2 rings (SSSR count). The second kappa shape index (κ2) is 8.80. The van der Waals surface area contributed by atoms with Crippen molar-refractivity contribution in [3.63, 3.8) is 0 Å². The summed E-state index contributed by atoms with van der Waals surface area (Å²) in [4.78, 5) is 12.3. The van der Waals surface area contributed by atoms with Crippen molar-refractivity contribution in [3.05, 3.63) is 0 Å². The summed E-state index contributed by atoms with van der Waals surface area (Å²) in [5.74, 6) is 1.09. The highest BCUT2D eigenvalue weighted by Gasteiger charge is 2.28. The van der Waals surface area contributed by atoms with Gasteiger partial charge in [-0.2, -0.15) is 0 Å². The smallest absolute Gasteiger partial charge is 0.223 e. The van der Waals surface area contributed by atoms with Gasteiger partial charge in [-0.05, 0) is 38.1 Å². The van der Waals surface area contributed by atoms with E-state index < -0.39 is 0 Å². The summed E-state index contributed by atoms with van der Waals surface area (Å²) in [6.07, 6.45) is 12.1. The Morgan fingerprint density at radius 3 is 2.16 bits per heavy atom. The molecule has 0 radical (unpaired) electrons.